The number of aryl methyl sites for hydroxylation is 1. The van der Waals surface area contributed by atoms with Gasteiger partial charge in [-0.25, -0.2) is 4.98 Å². The second-order valence-electron chi connectivity index (χ2n) is 4.37. The molecule has 0 saturated heterocycles. The molecule has 20 heavy (non-hydrogen) atoms. The zero-order valence-electron chi connectivity index (χ0n) is 11.4. The van der Waals surface area contributed by atoms with Gasteiger partial charge < -0.3 is 5.32 Å². The van der Waals surface area contributed by atoms with Crippen LogP contribution in [0.3, 0.4) is 0 Å². The van der Waals surface area contributed by atoms with Crippen LogP contribution >= 0.6 is 23.4 Å². The fourth-order valence-corrected chi connectivity index (χ4v) is 2.51. The van der Waals surface area contributed by atoms with Crippen molar-refractivity contribution in [3.8, 4) is 0 Å². The van der Waals surface area contributed by atoms with Gasteiger partial charge in [-0.3, -0.25) is 9.89 Å². The SMILES string of the molecule is Cc1nc(SC(C)C(=O)Nc2cccc(Cl)c2C)n[nH]1. The van der Waals surface area contributed by atoms with Crippen molar-refractivity contribution < 1.29 is 4.79 Å². The molecule has 0 fully saturated rings. The van der Waals surface area contributed by atoms with Gasteiger partial charge in [0, 0.05) is 10.7 Å². The van der Waals surface area contributed by atoms with Crippen LogP contribution < -0.4 is 5.32 Å². The van der Waals surface area contributed by atoms with Crippen molar-refractivity contribution >= 4 is 35.0 Å². The molecular formula is C13H15ClN4OS. The molecule has 7 heteroatoms. The highest BCUT2D eigenvalue weighted by Crippen LogP contribution is 2.25. The van der Waals surface area contributed by atoms with Gasteiger partial charge in [0.05, 0.1) is 5.25 Å². The van der Waals surface area contributed by atoms with Crippen molar-refractivity contribution in [2.75, 3.05) is 5.32 Å². The third kappa shape index (κ3) is 3.52. The Morgan fingerprint density at radius 2 is 2.20 bits per heavy atom. The summed E-state index contributed by atoms with van der Waals surface area (Å²) in [5.41, 5.74) is 1.58. The van der Waals surface area contributed by atoms with E-state index in [0.29, 0.717) is 10.2 Å². The van der Waals surface area contributed by atoms with Gasteiger partial charge in [0.1, 0.15) is 5.82 Å². The summed E-state index contributed by atoms with van der Waals surface area (Å²) in [7, 11) is 0. The average Bonchev–Trinajstić information content (AvgIpc) is 2.80. The van der Waals surface area contributed by atoms with Crippen LogP contribution in [0.25, 0.3) is 0 Å². The van der Waals surface area contributed by atoms with Crippen LogP contribution in [0.5, 0.6) is 0 Å². The van der Waals surface area contributed by atoms with Gasteiger partial charge in [-0.15, -0.1) is 5.10 Å². The molecular weight excluding hydrogens is 296 g/mol. The van der Waals surface area contributed by atoms with Gasteiger partial charge in [0.2, 0.25) is 11.1 Å². The Labute approximate surface area is 126 Å². The molecule has 2 N–H and O–H groups in total. The van der Waals surface area contributed by atoms with Crippen molar-refractivity contribution in [2.24, 2.45) is 0 Å². The monoisotopic (exact) mass is 310 g/mol. The molecule has 1 amide bonds. The Balaban J connectivity index is 2.02. The predicted octanol–water partition coefficient (Wildman–Crippen LogP) is 3.19. The lowest BCUT2D eigenvalue weighted by Crippen LogP contribution is -2.23. The first-order chi connectivity index (χ1) is 9.47. The molecule has 0 radical (unpaired) electrons. The number of rotatable bonds is 4. The lowest BCUT2D eigenvalue weighted by Gasteiger charge is -2.12. The van der Waals surface area contributed by atoms with Gasteiger partial charge in [0.25, 0.3) is 0 Å². The Morgan fingerprint density at radius 3 is 2.85 bits per heavy atom. The predicted molar refractivity (Wildman–Crippen MR) is 81.3 cm³/mol. The zero-order valence-corrected chi connectivity index (χ0v) is 13.0. The standard InChI is InChI=1S/C13H15ClN4OS/c1-7-10(14)5-4-6-11(7)16-12(19)8(2)20-13-15-9(3)17-18-13/h4-6,8H,1-3H3,(H,16,19)(H,15,17,18). The van der Waals surface area contributed by atoms with Crippen LogP contribution in [0.2, 0.25) is 5.02 Å². The van der Waals surface area contributed by atoms with Crippen LogP contribution in [0.4, 0.5) is 5.69 Å². The van der Waals surface area contributed by atoms with Crippen molar-refractivity contribution in [3.63, 3.8) is 0 Å². The number of aromatic amines is 1. The Hall–Kier alpha value is -1.53. The second-order valence-corrected chi connectivity index (χ2v) is 6.08. The summed E-state index contributed by atoms with van der Waals surface area (Å²) < 4.78 is 0. The molecule has 1 unspecified atom stereocenters. The average molecular weight is 311 g/mol. The Bertz CT molecular complexity index is 629. The Kier molecular flexibility index (Phi) is 4.67. The number of thioether (sulfide) groups is 1. The number of H-pyrrole nitrogens is 1. The molecule has 1 aromatic carbocycles. The van der Waals surface area contributed by atoms with Gasteiger partial charge in [0.15, 0.2) is 0 Å². The molecule has 1 atom stereocenters. The second kappa shape index (κ2) is 6.28. The van der Waals surface area contributed by atoms with E-state index >= 15 is 0 Å². The van der Waals surface area contributed by atoms with Crippen molar-refractivity contribution in [1.82, 2.24) is 15.2 Å². The first kappa shape index (κ1) is 14.9. The Morgan fingerprint density at radius 1 is 1.45 bits per heavy atom. The summed E-state index contributed by atoms with van der Waals surface area (Å²) in [4.78, 5) is 16.3. The molecule has 1 aromatic heterocycles. The number of amides is 1. The highest BCUT2D eigenvalue weighted by atomic mass is 35.5. The van der Waals surface area contributed by atoms with E-state index in [1.807, 2.05) is 26.8 Å². The van der Waals surface area contributed by atoms with Crippen molar-refractivity contribution in [1.29, 1.82) is 0 Å². The van der Waals surface area contributed by atoms with E-state index in [0.717, 1.165) is 17.1 Å². The van der Waals surface area contributed by atoms with Crippen LogP contribution in [0.1, 0.15) is 18.3 Å². The molecule has 5 nitrogen and oxygen atoms in total. The first-order valence-corrected chi connectivity index (χ1v) is 7.35. The maximum Gasteiger partial charge on any atom is 0.237 e. The summed E-state index contributed by atoms with van der Waals surface area (Å²) in [5, 5.41) is 10.5. The number of carbonyl (C=O) groups excluding carboxylic acids is 1. The summed E-state index contributed by atoms with van der Waals surface area (Å²) in [6.45, 7) is 5.50. The largest absolute Gasteiger partial charge is 0.325 e. The van der Waals surface area contributed by atoms with Gasteiger partial charge in [-0.2, -0.15) is 0 Å². The quantitative estimate of drug-likeness (QED) is 0.851. The number of benzene rings is 1. The zero-order chi connectivity index (χ0) is 14.7. The smallest absolute Gasteiger partial charge is 0.237 e. The maximum atomic E-state index is 12.1. The van der Waals surface area contributed by atoms with Crippen molar-refractivity contribution in [3.05, 3.63) is 34.6 Å². The number of hydrogen-bond donors (Lipinski definition) is 2. The molecule has 0 saturated carbocycles. The topological polar surface area (TPSA) is 70.7 Å². The number of hydrogen-bond acceptors (Lipinski definition) is 4. The minimum Gasteiger partial charge on any atom is -0.325 e. The van der Waals surface area contributed by atoms with E-state index in [-0.39, 0.29) is 11.2 Å². The fourth-order valence-electron chi connectivity index (χ4n) is 1.56. The molecule has 1 heterocycles. The van der Waals surface area contributed by atoms with E-state index in [1.165, 1.54) is 11.8 Å². The molecule has 0 bridgehead atoms. The minimum absolute atomic E-state index is 0.109. The van der Waals surface area contributed by atoms with Gasteiger partial charge in [-0.1, -0.05) is 29.4 Å². The number of aromatic nitrogens is 3. The molecule has 0 aliphatic carbocycles. The number of nitrogens with one attached hydrogen (secondary N) is 2. The lowest BCUT2D eigenvalue weighted by atomic mass is 10.2. The van der Waals surface area contributed by atoms with E-state index in [1.54, 1.807) is 12.1 Å². The molecule has 2 aromatic rings. The lowest BCUT2D eigenvalue weighted by molar-refractivity contribution is -0.115. The highest BCUT2D eigenvalue weighted by molar-refractivity contribution is 8.00. The number of halogens is 1. The maximum absolute atomic E-state index is 12.1. The van der Waals surface area contributed by atoms with E-state index in [9.17, 15) is 4.79 Å². The van der Waals surface area contributed by atoms with Crippen LogP contribution in [0.15, 0.2) is 23.4 Å². The molecule has 106 valence electrons. The third-order valence-corrected chi connectivity index (χ3v) is 4.12. The van der Waals surface area contributed by atoms with E-state index in [4.69, 9.17) is 11.6 Å². The normalized spacial score (nSPS) is 12.2. The highest BCUT2D eigenvalue weighted by Gasteiger charge is 2.17. The van der Waals surface area contributed by atoms with E-state index < -0.39 is 0 Å². The van der Waals surface area contributed by atoms with Crippen LogP contribution in [-0.4, -0.2) is 26.3 Å². The fraction of sp³-hybridized carbons (Fsp3) is 0.308. The van der Waals surface area contributed by atoms with Crippen molar-refractivity contribution in [2.45, 2.75) is 31.2 Å². The number of carbonyl (C=O) groups is 1. The summed E-state index contributed by atoms with van der Waals surface area (Å²) in [5.74, 6) is 0.619. The van der Waals surface area contributed by atoms with Crippen LogP contribution in [0, 0.1) is 13.8 Å². The molecule has 2 rings (SSSR count). The van der Waals surface area contributed by atoms with Crippen LogP contribution in [-0.2, 0) is 4.79 Å². The summed E-state index contributed by atoms with van der Waals surface area (Å²) in [6, 6.07) is 5.43. The molecule has 0 aliphatic rings. The minimum atomic E-state index is -0.302. The van der Waals surface area contributed by atoms with E-state index in [2.05, 4.69) is 20.5 Å². The molecule has 0 spiro atoms. The summed E-state index contributed by atoms with van der Waals surface area (Å²) >= 11 is 7.33. The third-order valence-electron chi connectivity index (χ3n) is 2.75. The first-order valence-electron chi connectivity index (χ1n) is 6.09. The summed E-state index contributed by atoms with van der Waals surface area (Å²) in [6.07, 6.45) is 0. The number of nitrogens with zero attached hydrogens (tertiary/aromatic N) is 2. The number of anilines is 1. The van der Waals surface area contributed by atoms with Gasteiger partial charge >= 0.3 is 0 Å². The van der Waals surface area contributed by atoms with Gasteiger partial charge in [-0.05, 0) is 38.5 Å². The molecule has 0 aliphatic heterocycles.